The standard InChI is InChI=1S/C29H26N4O2/c1-18-11-13-21(14-12-18)26-25(28-31-27(32-35-28)22-7-4-3-5-8-22)19(2)33(29(34)30-26)24-16-15-20-9-6-10-23(20)17-24/h3-5,7-8,11-17,26H,6,9-10H2,1-2H3,(H,30,34). The van der Waals surface area contributed by atoms with Crippen molar-refractivity contribution in [1.29, 1.82) is 0 Å². The van der Waals surface area contributed by atoms with Crippen molar-refractivity contribution in [2.75, 3.05) is 4.90 Å². The molecule has 2 amide bonds. The fourth-order valence-corrected chi connectivity index (χ4v) is 5.07. The molecule has 4 aromatic rings. The Kier molecular flexibility index (Phi) is 5.21. The highest BCUT2D eigenvalue weighted by Crippen LogP contribution is 2.40. The highest BCUT2D eigenvalue weighted by Gasteiger charge is 2.36. The Morgan fingerprint density at radius 1 is 0.943 bits per heavy atom. The second-order valence-corrected chi connectivity index (χ2v) is 9.22. The number of aryl methyl sites for hydroxylation is 3. The Morgan fingerprint density at radius 3 is 2.51 bits per heavy atom. The van der Waals surface area contributed by atoms with Crippen LogP contribution < -0.4 is 10.2 Å². The molecular weight excluding hydrogens is 436 g/mol. The highest BCUT2D eigenvalue weighted by atomic mass is 16.5. The summed E-state index contributed by atoms with van der Waals surface area (Å²) in [6, 6.07) is 23.6. The Bertz CT molecular complexity index is 1440. The summed E-state index contributed by atoms with van der Waals surface area (Å²) in [4.78, 5) is 19.9. The van der Waals surface area contributed by atoms with Crippen LogP contribution in [0.25, 0.3) is 17.0 Å². The minimum Gasteiger partial charge on any atom is -0.334 e. The van der Waals surface area contributed by atoms with Crippen LogP contribution in [0.1, 0.15) is 47.5 Å². The van der Waals surface area contributed by atoms with E-state index in [1.54, 1.807) is 4.90 Å². The average molecular weight is 463 g/mol. The number of allylic oxidation sites excluding steroid dienone is 1. The average Bonchev–Trinajstić information content (AvgIpc) is 3.54. The zero-order chi connectivity index (χ0) is 23.9. The first-order valence-electron chi connectivity index (χ1n) is 12.0. The van der Waals surface area contributed by atoms with Gasteiger partial charge in [0.15, 0.2) is 0 Å². The predicted molar refractivity (Wildman–Crippen MR) is 136 cm³/mol. The molecule has 2 heterocycles. The third-order valence-electron chi connectivity index (χ3n) is 6.92. The van der Waals surface area contributed by atoms with Gasteiger partial charge in [0.2, 0.25) is 5.82 Å². The van der Waals surface area contributed by atoms with Crippen LogP contribution >= 0.6 is 0 Å². The summed E-state index contributed by atoms with van der Waals surface area (Å²) in [5.41, 5.74) is 8.10. The molecule has 174 valence electrons. The summed E-state index contributed by atoms with van der Waals surface area (Å²) < 4.78 is 5.80. The fraction of sp³-hybridized carbons (Fsp3) is 0.207. The molecule has 1 N–H and O–H groups in total. The van der Waals surface area contributed by atoms with E-state index in [1.807, 2.05) is 74.5 Å². The van der Waals surface area contributed by atoms with E-state index in [0.717, 1.165) is 52.9 Å². The molecule has 1 aromatic heterocycles. The molecule has 0 saturated carbocycles. The van der Waals surface area contributed by atoms with Gasteiger partial charge in [-0.25, -0.2) is 4.79 Å². The van der Waals surface area contributed by atoms with Crippen molar-refractivity contribution in [2.45, 2.75) is 39.2 Å². The van der Waals surface area contributed by atoms with E-state index in [4.69, 9.17) is 9.51 Å². The van der Waals surface area contributed by atoms with Crippen molar-refractivity contribution < 1.29 is 9.32 Å². The quantitative estimate of drug-likeness (QED) is 0.390. The lowest BCUT2D eigenvalue weighted by molar-refractivity contribution is 0.244. The molecule has 0 saturated heterocycles. The van der Waals surface area contributed by atoms with Gasteiger partial charge in [-0.1, -0.05) is 71.4 Å². The van der Waals surface area contributed by atoms with Crippen molar-refractivity contribution in [3.63, 3.8) is 0 Å². The van der Waals surface area contributed by atoms with Crippen molar-refractivity contribution in [3.8, 4) is 11.4 Å². The number of carbonyl (C=O) groups is 1. The van der Waals surface area contributed by atoms with Crippen LogP contribution in [0.2, 0.25) is 0 Å². The van der Waals surface area contributed by atoms with Crippen molar-refractivity contribution in [2.24, 2.45) is 0 Å². The monoisotopic (exact) mass is 462 g/mol. The van der Waals surface area contributed by atoms with Crippen molar-refractivity contribution >= 4 is 17.3 Å². The second kappa shape index (κ2) is 8.55. The van der Waals surface area contributed by atoms with Gasteiger partial charge >= 0.3 is 6.03 Å². The largest absolute Gasteiger partial charge is 0.334 e. The first kappa shape index (κ1) is 21.4. The molecule has 0 spiro atoms. The molecule has 3 aromatic carbocycles. The van der Waals surface area contributed by atoms with Crippen LogP contribution in [0.3, 0.4) is 0 Å². The van der Waals surface area contributed by atoms with Gasteiger partial charge in [-0.15, -0.1) is 0 Å². The number of nitrogens with zero attached hydrogens (tertiary/aromatic N) is 3. The molecule has 1 unspecified atom stereocenters. The number of nitrogens with one attached hydrogen (secondary N) is 1. The summed E-state index contributed by atoms with van der Waals surface area (Å²) in [5.74, 6) is 0.919. The molecule has 1 aliphatic carbocycles. The van der Waals surface area contributed by atoms with Gasteiger partial charge < -0.3 is 9.84 Å². The Balaban J connectivity index is 1.49. The molecule has 0 bridgehead atoms. The SMILES string of the molecule is CC1=C(c2nc(-c3ccccc3)no2)C(c2ccc(C)cc2)NC(=O)N1c1ccc2c(c1)CCC2. The van der Waals surface area contributed by atoms with Gasteiger partial charge in [-0.2, -0.15) is 4.98 Å². The van der Waals surface area contributed by atoms with Crippen LogP contribution in [-0.2, 0) is 12.8 Å². The van der Waals surface area contributed by atoms with Crippen LogP contribution in [0.4, 0.5) is 10.5 Å². The summed E-state index contributed by atoms with van der Waals surface area (Å²) in [7, 11) is 0. The maximum Gasteiger partial charge on any atom is 0.326 e. The lowest BCUT2D eigenvalue weighted by Crippen LogP contribution is -2.46. The van der Waals surface area contributed by atoms with Crippen LogP contribution in [0, 0.1) is 6.92 Å². The first-order valence-corrected chi connectivity index (χ1v) is 12.0. The summed E-state index contributed by atoms with van der Waals surface area (Å²) in [6.45, 7) is 4.00. The lowest BCUT2D eigenvalue weighted by Gasteiger charge is -2.35. The van der Waals surface area contributed by atoms with Gasteiger partial charge in [0, 0.05) is 11.3 Å². The van der Waals surface area contributed by atoms with Gasteiger partial charge in [0.1, 0.15) is 0 Å². The number of hydrogen-bond donors (Lipinski definition) is 1. The molecule has 0 radical (unpaired) electrons. The molecular formula is C29H26N4O2. The number of carbonyl (C=O) groups excluding carboxylic acids is 1. The van der Waals surface area contributed by atoms with E-state index in [-0.39, 0.29) is 6.03 Å². The van der Waals surface area contributed by atoms with Gasteiger partial charge in [0.25, 0.3) is 5.89 Å². The highest BCUT2D eigenvalue weighted by molar-refractivity contribution is 6.01. The van der Waals surface area contributed by atoms with Crippen LogP contribution in [0.5, 0.6) is 0 Å². The second-order valence-electron chi connectivity index (χ2n) is 9.22. The minimum absolute atomic E-state index is 0.169. The normalized spacial score (nSPS) is 17.5. The fourth-order valence-electron chi connectivity index (χ4n) is 5.07. The maximum atomic E-state index is 13.5. The van der Waals surface area contributed by atoms with Crippen molar-refractivity contribution in [1.82, 2.24) is 15.5 Å². The van der Waals surface area contributed by atoms with Crippen LogP contribution in [0.15, 0.2) is 83.0 Å². The summed E-state index contributed by atoms with van der Waals surface area (Å²) in [6.07, 6.45) is 3.30. The molecule has 0 fully saturated rings. The Hall–Kier alpha value is -4.19. The zero-order valence-corrected chi connectivity index (χ0v) is 19.8. The number of fused-ring (bicyclic) bond motifs is 1. The number of amides is 2. The van der Waals surface area contributed by atoms with Gasteiger partial charge in [-0.3, -0.25) is 4.90 Å². The third kappa shape index (κ3) is 3.81. The number of urea groups is 1. The Morgan fingerprint density at radius 2 is 1.71 bits per heavy atom. The number of aromatic nitrogens is 2. The zero-order valence-electron chi connectivity index (χ0n) is 19.8. The van der Waals surface area contributed by atoms with Crippen LogP contribution in [-0.4, -0.2) is 16.2 Å². The van der Waals surface area contributed by atoms with E-state index in [9.17, 15) is 4.79 Å². The van der Waals surface area contributed by atoms with E-state index in [0.29, 0.717) is 11.7 Å². The summed E-state index contributed by atoms with van der Waals surface area (Å²) in [5, 5.41) is 7.45. The predicted octanol–water partition coefficient (Wildman–Crippen LogP) is 6.24. The van der Waals surface area contributed by atoms with Gasteiger partial charge in [-0.05, 0) is 61.9 Å². The van der Waals surface area contributed by atoms with Gasteiger partial charge in [0.05, 0.1) is 17.3 Å². The molecule has 6 rings (SSSR count). The number of hydrogen-bond acceptors (Lipinski definition) is 4. The molecule has 1 atom stereocenters. The van der Waals surface area contributed by atoms with E-state index in [2.05, 4.69) is 22.6 Å². The topological polar surface area (TPSA) is 71.3 Å². The first-order chi connectivity index (χ1) is 17.1. The smallest absolute Gasteiger partial charge is 0.326 e. The number of rotatable bonds is 4. The Labute approximate surface area is 204 Å². The lowest BCUT2D eigenvalue weighted by atomic mass is 9.93. The van der Waals surface area contributed by atoms with Crippen molar-refractivity contribution in [3.05, 3.63) is 107 Å². The molecule has 6 nitrogen and oxygen atoms in total. The number of anilines is 1. The third-order valence-corrected chi connectivity index (χ3v) is 6.92. The van der Waals surface area contributed by atoms with E-state index in [1.165, 1.54) is 11.1 Å². The molecule has 2 aliphatic rings. The molecule has 1 aliphatic heterocycles. The molecule has 6 heteroatoms. The molecule has 35 heavy (non-hydrogen) atoms. The minimum atomic E-state index is -0.405. The summed E-state index contributed by atoms with van der Waals surface area (Å²) >= 11 is 0. The number of benzene rings is 3. The van der Waals surface area contributed by atoms with E-state index >= 15 is 0 Å². The van der Waals surface area contributed by atoms with E-state index < -0.39 is 6.04 Å². The maximum absolute atomic E-state index is 13.5.